The molecular formula is C8H18Se. The van der Waals surface area contributed by atoms with Crippen LogP contribution in [0.2, 0.25) is 10.6 Å². The Kier molecular flexibility index (Phi) is 9.01. The first-order valence-corrected chi connectivity index (χ1v) is 6.41. The van der Waals surface area contributed by atoms with Crippen molar-refractivity contribution in [1.82, 2.24) is 0 Å². The fraction of sp³-hybridized carbons (Fsp3) is 1.00. The number of hydrogen-bond acceptors (Lipinski definition) is 0. The Hall–Kier alpha value is 0.519. The molecule has 56 valence electrons. The van der Waals surface area contributed by atoms with Gasteiger partial charge in [0.15, 0.2) is 0 Å². The van der Waals surface area contributed by atoms with Crippen LogP contribution in [0.5, 0.6) is 0 Å². The molecule has 0 fully saturated rings. The van der Waals surface area contributed by atoms with E-state index in [0.29, 0.717) is 0 Å². The maximum atomic E-state index is 2.27. The zero-order valence-corrected chi connectivity index (χ0v) is 8.36. The quantitative estimate of drug-likeness (QED) is 0.449. The molecule has 0 unspecified atom stereocenters. The molecule has 0 amide bonds. The Bertz CT molecular complexity index is 37.8. The van der Waals surface area contributed by atoms with E-state index in [1.54, 1.807) is 0 Å². The predicted octanol–water partition coefficient (Wildman–Crippen LogP) is 3.13. The van der Waals surface area contributed by atoms with E-state index in [-0.39, 0.29) is 0 Å². The van der Waals surface area contributed by atoms with Crippen molar-refractivity contribution >= 4 is 15.0 Å². The van der Waals surface area contributed by atoms with Gasteiger partial charge in [-0.25, -0.2) is 0 Å². The summed E-state index contributed by atoms with van der Waals surface area (Å²) in [7, 11) is 0. The van der Waals surface area contributed by atoms with Crippen LogP contribution in [-0.2, 0) is 0 Å². The molecule has 0 heterocycles. The van der Waals surface area contributed by atoms with Crippen LogP contribution in [0.25, 0.3) is 0 Å². The van der Waals surface area contributed by atoms with Crippen LogP contribution in [0.1, 0.15) is 39.5 Å². The van der Waals surface area contributed by atoms with Crippen LogP contribution >= 0.6 is 0 Å². The number of rotatable bonds is 6. The van der Waals surface area contributed by atoms with Crippen molar-refractivity contribution in [2.75, 3.05) is 0 Å². The van der Waals surface area contributed by atoms with E-state index in [1.807, 2.05) is 0 Å². The van der Waals surface area contributed by atoms with Crippen molar-refractivity contribution in [3.05, 3.63) is 0 Å². The van der Waals surface area contributed by atoms with Crippen LogP contribution in [0.4, 0.5) is 0 Å². The van der Waals surface area contributed by atoms with Gasteiger partial charge in [0, 0.05) is 0 Å². The van der Waals surface area contributed by atoms with Gasteiger partial charge in [0.1, 0.15) is 0 Å². The Morgan fingerprint density at radius 2 is 1.33 bits per heavy atom. The molecule has 0 radical (unpaired) electrons. The fourth-order valence-corrected chi connectivity index (χ4v) is 3.09. The van der Waals surface area contributed by atoms with Crippen molar-refractivity contribution in [2.45, 2.75) is 50.2 Å². The first kappa shape index (κ1) is 9.52. The third-order valence-electron chi connectivity index (χ3n) is 1.28. The Labute approximate surface area is 65.6 Å². The van der Waals surface area contributed by atoms with Gasteiger partial charge in [0.2, 0.25) is 0 Å². The first-order valence-electron chi connectivity index (χ1n) is 3.99. The molecule has 0 saturated carbocycles. The Morgan fingerprint density at radius 1 is 0.889 bits per heavy atom. The van der Waals surface area contributed by atoms with E-state index >= 15 is 0 Å². The molecule has 0 bridgehead atoms. The van der Waals surface area contributed by atoms with Crippen molar-refractivity contribution in [3.8, 4) is 0 Å². The minimum atomic E-state index is 0.978. The van der Waals surface area contributed by atoms with Gasteiger partial charge in [0.25, 0.3) is 0 Å². The molecule has 0 N–H and O–H groups in total. The van der Waals surface area contributed by atoms with Crippen molar-refractivity contribution in [2.24, 2.45) is 0 Å². The summed E-state index contributed by atoms with van der Waals surface area (Å²) in [5.41, 5.74) is 0. The fourth-order valence-electron chi connectivity index (χ4n) is 0.595. The molecular weight excluding hydrogens is 175 g/mol. The summed E-state index contributed by atoms with van der Waals surface area (Å²) in [5, 5.41) is 3.03. The molecule has 0 saturated heterocycles. The molecule has 0 spiro atoms. The van der Waals surface area contributed by atoms with Gasteiger partial charge in [-0.3, -0.25) is 0 Å². The van der Waals surface area contributed by atoms with Gasteiger partial charge in [0.05, 0.1) is 0 Å². The first-order chi connectivity index (χ1) is 4.41. The second-order valence-electron chi connectivity index (χ2n) is 2.32. The molecule has 0 aromatic heterocycles. The molecule has 0 aliphatic heterocycles. The van der Waals surface area contributed by atoms with E-state index in [4.69, 9.17) is 0 Å². The van der Waals surface area contributed by atoms with E-state index in [0.717, 1.165) is 15.0 Å². The third-order valence-corrected chi connectivity index (χ3v) is 3.71. The second kappa shape index (κ2) is 8.52. The molecule has 0 aliphatic rings. The van der Waals surface area contributed by atoms with Gasteiger partial charge in [-0.15, -0.1) is 0 Å². The summed E-state index contributed by atoms with van der Waals surface area (Å²) in [5.74, 6) is 0. The predicted molar refractivity (Wildman–Crippen MR) is 45.2 cm³/mol. The second-order valence-corrected chi connectivity index (χ2v) is 4.89. The van der Waals surface area contributed by atoms with E-state index in [2.05, 4.69) is 13.8 Å². The molecule has 0 nitrogen and oxygen atoms in total. The molecule has 0 rings (SSSR count). The summed E-state index contributed by atoms with van der Waals surface area (Å²) >= 11 is 0.978. The van der Waals surface area contributed by atoms with Crippen LogP contribution in [0.3, 0.4) is 0 Å². The number of hydrogen-bond donors (Lipinski definition) is 0. The monoisotopic (exact) mass is 194 g/mol. The van der Waals surface area contributed by atoms with Gasteiger partial charge < -0.3 is 0 Å². The Balaban J connectivity index is 2.60. The van der Waals surface area contributed by atoms with Crippen LogP contribution < -0.4 is 0 Å². The Morgan fingerprint density at radius 3 is 1.67 bits per heavy atom. The molecule has 9 heavy (non-hydrogen) atoms. The normalized spacial score (nSPS) is 10.0. The van der Waals surface area contributed by atoms with Crippen molar-refractivity contribution in [1.29, 1.82) is 0 Å². The molecule has 1 heteroatoms. The van der Waals surface area contributed by atoms with E-state index in [1.165, 1.54) is 36.3 Å². The molecule has 0 aliphatic carbocycles. The topological polar surface area (TPSA) is 0 Å². The standard InChI is InChI=1S/C8H18Se/c1-3-5-7-9-8-6-4-2/h3-8H2,1-2H3. The van der Waals surface area contributed by atoms with Crippen molar-refractivity contribution in [3.63, 3.8) is 0 Å². The summed E-state index contributed by atoms with van der Waals surface area (Å²) < 4.78 is 0. The van der Waals surface area contributed by atoms with Gasteiger partial charge in [-0.2, -0.15) is 0 Å². The summed E-state index contributed by atoms with van der Waals surface area (Å²) in [6, 6.07) is 0. The third kappa shape index (κ3) is 8.52. The van der Waals surface area contributed by atoms with Gasteiger partial charge >= 0.3 is 65.1 Å². The minimum absolute atomic E-state index is 0.978. The van der Waals surface area contributed by atoms with Crippen LogP contribution in [0, 0.1) is 0 Å². The zero-order valence-electron chi connectivity index (χ0n) is 6.65. The van der Waals surface area contributed by atoms with Gasteiger partial charge in [-0.05, 0) is 0 Å². The van der Waals surface area contributed by atoms with Crippen molar-refractivity contribution < 1.29 is 0 Å². The molecule has 0 aromatic carbocycles. The van der Waals surface area contributed by atoms with E-state index < -0.39 is 0 Å². The SMILES string of the molecule is CCCC[Se]CCCC. The molecule has 0 aromatic rings. The van der Waals surface area contributed by atoms with Gasteiger partial charge in [-0.1, -0.05) is 0 Å². The summed E-state index contributed by atoms with van der Waals surface area (Å²) in [6.07, 6.45) is 5.69. The average Bonchev–Trinajstić information content (AvgIpc) is 1.89. The zero-order chi connectivity index (χ0) is 6.95. The van der Waals surface area contributed by atoms with Crippen LogP contribution in [0.15, 0.2) is 0 Å². The number of unbranched alkanes of at least 4 members (excludes halogenated alkanes) is 2. The maximum absolute atomic E-state index is 2.27. The summed E-state index contributed by atoms with van der Waals surface area (Å²) in [4.78, 5) is 0. The molecule has 0 atom stereocenters. The summed E-state index contributed by atoms with van der Waals surface area (Å²) in [6.45, 7) is 4.55. The van der Waals surface area contributed by atoms with Crippen LogP contribution in [-0.4, -0.2) is 15.0 Å². The average molecular weight is 193 g/mol. The van der Waals surface area contributed by atoms with E-state index in [9.17, 15) is 0 Å².